The first-order valence-electron chi connectivity index (χ1n) is 4.36. The predicted octanol–water partition coefficient (Wildman–Crippen LogP) is -5.10. The van der Waals surface area contributed by atoms with Crippen LogP contribution in [0.15, 0.2) is 0 Å². The second-order valence-electron chi connectivity index (χ2n) is 3.08. The Kier molecular flexibility index (Phi) is 12.9. The molecular weight excluding hydrogens is 277 g/mol. The first-order valence-corrected chi connectivity index (χ1v) is 4.36. The Hall–Kier alpha value is -1.20. The molecule has 0 amide bonds. The Bertz CT molecular complexity index is 333. The fourth-order valence-corrected chi connectivity index (χ4v) is 0.714. The summed E-state index contributed by atoms with van der Waals surface area (Å²) in [7, 11) is 0. The molecule has 0 aromatic rings. The summed E-state index contributed by atoms with van der Waals surface area (Å²) in [5.41, 5.74) is 1.83. The van der Waals surface area contributed by atoms with Crippen molar-refractivity contribution in [2.24, 2.45) is 5.73 Å². The van der Waals surface area contributed by atoms with Crippen molar-refractivity contribution in [1.82, 2.24) is 0 Å². The largest absolute Gasteiger partial charge is 1.00 e. The molecule has 0 aliphatic rings. The van der Waals surface area contributed by atoms with Crippen LogP contribution in [0.1, 0.15) is 14.3 Å². The van der Waals surface area contributed by atoms with Crippen LogP contribution < -0.4 is 35.3 Å². The van der Waals surface area contributed by atoms with Gasteiger partial charge in [-0.25, -0.2) is 4.79 Å². The van der Waals surface area contributed by atoms with Gasteiger partial charge in [0.1, 0.15) is 0 Å². The van der Waals surface area contributed by atoms with Crippen molar-refractivity contribution in [3.05, 3.63) is 0 Å². The van der Waals surface area contributed by atoms with E-state index in [0.717, 1.165) is 0 Å². The third kappa shape index (κ3) is 13.0. The Morgan fingerprint density at radius 2 is 1.16 bits per heavy atom. The van der Waals surface area contributed by atoms with Crippen LogP contribution >= 0.6 is 0 Å². The van der Waals surface area contributed by atoms with Gasteiger partial charge < -0.3 is 32.7 Å². The van der Waals surface area contributed by atoms with Crippen molar-refractivity contribution in [2.75, 3.05) is 6.54 Å². The summed E-state index contributed by atoms with van der Waals surface area (Å²) in [4.78, 5) is 39.7. The summed E-state index contributed by atoms with van der Waals surface area (Å²) in [6.45, 7) is -0.278. The van der Waals surface area contributed by atoms with Crippen molar-refractivity contribution in [1.29, 1.82) is 0 Å². The molecule has 0 bridgehead atoms. The molecule has 10 nitrogen and oxygen atoms in total. The molecule has 0 aliphatic carbocycles. The van der Waals surface area contributed by atoms with Gasteiger partial charge in [-0.15, -0.1) is 0 Å². The van der Waals surface area contributed by atoms with Crippen molar-refractivity contribution in [3.63, 3.8) is 0 Å². The topological polar surface area (TPSA) is 195 Å². The van der Waals surface area contributed by atoms with Crippen molar-refractivity contribution < 1.29 is 75.7 Å². The predicted molar refractivity (Wildman–Crippen MR) is 54.9 cm³/mol. The first kappa shape index (κ1) is 22.9. The molecule has 0 radical (unpaired) electrons. The van der Waals surface area contributed by atoms with E-state index in [1.165, 1.54) is 0 Å². The molecule has 0 spiro atoms. The number of aliphatic hydroxyl groups is 1. The minimum atomic E-state index is -2.74. The van der Waals surface area contributed by atoms with E-state index in [-0.39, 0.29) is 37.5 Å². The monoisotopic (exact) mass is 291 g/mol. The number of hydrogen-bond donors (Lipinski definition) is 6. The van der Waals surface area contributed by atoms with E-state index in [4.69, 9.17) is 25.5 Å². The van der Waals surface area contributed by atoms with Crippen LogP contribution in [0.25, 0.3) is 0 Å². The Balaban J connectivity index is -0.000000158. The summed E-state index contributed by atoms with van der Waals surface area (Å²) in [5, 5.41) is 41.4. The van der Waals surface area contributed by atoms with Crippen molar-refractivity contribution >= 4 is 23.9 Å². The number of aliphatic carboxylic acids is 4. The molecule has 0 aromatic heterocycles. The van der Waals surface area contributed by atoms with Crippen molar-refractivity contribution in [2.45, 2.75) is 18.4 Å². The van der Waals surface area contributed by atoms with Crippen LogP contribution in [0.3, 0.4) is 0 Å². The molecule has 0 aliphatic heterocycles. The second-order valence-corrected chi connectivity index (χ2v) is 3.08. The fraction of sp³-hybridized carbons (Fsp3) is 0.500. The summed E-state index contributed by atoms with van der Waals surface area (Å²) in [5.74, 6) is -5.99. The summed E-state index contributed by atoms with van der Waals surface area (Å²) in [6.07, 6.45) is -2.29. The molecule has 106 valence electrons. The minimum absolute atomic E-state index is 0. The van der Waals surface area contributed by atoms with E-state index in [9.17, 15) is 19.2 Å². The molecule has 0 unspecified atom stereocenters. The molecule has 11 heteroatoms. The number of carboxylic acid groups (broad SMARTS) is 4. The van der Waals surface area contributed by atoms with Crippen LogP contribution in [0.2, 0.25) is 0 Å². The van der Waals surface area contributed by atoms with Gasteiger partial charge >= 0.3 is 53.4 Å². The van der Waals surface area contributed by atoms with E-state index in [1.807, 2.05) is 0 Å². The molecule has 0 rings (SSSR count). The van der Waals surface area contributed by atoms with Crippen LogP contribution in [-0.4, -0.2) is 61.6 Å². The number of hydrogen-bond acceptors (Lipinski definition) is 6. The third-order valence-corrected chi connectivity index (χ3v) is 1.46. The maximum atomic E-state index is 10.3. The average molecular weight is 291 g/mol. The summed E-state index contributed by atoms with van der Waals surface area (Å²) < 4.78 is 0. The molecule has 0 heterocycles. The van der Waals surface area contributed by atoms with Crippen LogP contribution in [-0.2, 0) is 19.2 Å². The molecule has 19 heavy (non-hydrogen) atoms. The van der Waals surface area contributed by atoms with Crippen LogP contribution in [0.5, 0.6) is 0 Å². The normalized spacial score (nSPS) is 9.37. The minimum Gasteiger partial charge on any atom is -1.00 e. The fourth-order valence-electron chi connectivity index (χ4n) is 0.714. The maximum absolute atomic E-state index is 10.3. The first-order chi connectivity index (χ1) is 8.05. The van der Waals surface area contributed by atoms with Gasteiger partial charge in [0.05, 0.1) is 19.4 Å². The van der Waals surface area contributed by atoms with E-state index in [2.05, 4.69) is 5.73 Å². The van der Waals surface area contributed by atoms with Crippen LogP contribution in [0.4, 0.5) is 0 Å². The summed E-state index contributed by atoms with van der Waals surface area (Å²) in [6, 6.07) is 0. The number of nitrogens with two attached hydrogens (primary N) is 1. The zero-order chi connectivity index (χ0) is 14.9. The Labute approximate surface area is 130 Å². The Morgan fingerprint density at radius 1 is 0.895 bits per heavy atom. The molecule has 7 N–H and O–H groups in total. The van der Waals surface area contributed by atoms with E-state index in [1.54, 1.807) is 0 Å². The van der Waals surface area contributed by atoms with Gasteiger partial charge in [-0.2, -0.15) is 0 Å². The van der Waals surface area contributed by atoms with E-state index in [0.29, 0.717) is 0 Å². The van der Waals surface area contributed by atoms with Crippen LogP contribution in [0, 0.1) is 0 Å². The van der Waals surface area contributed by atoms with Gasteiger partial charge in [0.25, 0.3) is 0 Å². The molecule has 0 aromatic carbocycles. The number of carboxylic acids is 4. The zero-order valence-corrected chi connectivity index (χ0v) is 12.1. The molecule has 0 atom stereocenters. The second kappa shape index (κ2) is 10.7. The standard InChI is InChI=1S/C6H8O7.C2H5NO2.Na.H/c7-3(8)1-6(13,5(11)12)2-4(9)10;3-1-2(4)5;;/h13H,1-2H2,(H,7,8)(H,9,10)(H,11,12);1,3H2,(H,4,5);;/q;;+1;-1. The average Bonchev–Trinajstić information content (AvgIpc) is 2.15. The number of rotatable bonds is 6. The molecule has 0 fully saturated rings. The quantitative estimate of drug-likeness (QED) is 0.257. The van der Waals surface area contributed by atoms with E-state index < -0.39 is 42.3 Å². The van der Waals surface area contributed by atoms with Gasteiger partial charge in [-0.05, 0) is 0 Å². The summed E-state index contributed by atoms with van der Waals surface area (Å²) >= 11 is 0. The molecular formula is C8H14NNaO9. The van der Waals surface area contributed by atoms with Gasteiger partial charge in [0.15, 0.2) is 5.60 Å². The Morgan fingerprint density at radius 3 is 1.26 bits per heavy atom. The maximum Gasteiger partial charge on any atom is 1.00 e. The zero-order valence-electron chi connectivity index (χ0n) is 11.1. The third-order valence-electron chi connectivity index (χ3n) is 1.46. The smallest absolute Gasteiger partial charge is 1.00 e. The van der Waals surface area contributed by atoms with Gasteiger partial charge in [0.2, 0.25) is 0 Å². The number of carbonyl (C=O) groups is 4. The van der Waals surface area contributed by atoms with Gasteiger partial charge in [-0.1, -0.05) is 0 Å². The van der Waals surface area contributed by atoms with Gasteiger partial charge in [0, 0.05) is 0 Å². The SMILES string of the molecule is NCC(=O)O.O=C(O)CC(O)(CC(=O)O)C(=O)O.[H-].[Na+]. The van der Waals surface area contributed by atoms with Gasteiger partial charge in [-0.3, -0.25) is 14.4 Å². The van der Waals surface area contributed by atoms with E-state index >= 15 is 0 Å². The molecule has 0 saturated heterocycles. The molecule has 0 saturated carbocycles. The van der Waals surface area contributed by atoms with Crippen molar-refractivity contribution in [3.8, 4) is 0 Å².